The molecule has 6 heterocycles. The van der Waals surface area contributed by atoms with E-state index in [-0.39, 0.29) is 34.6 Å². The number of nitrogens with two attached hydrogens (primary N) is 2. The number of halogens is 1. The third kappa shape index (κ3) is 7.71. The molecule has 2 saturated carbocycles. The predicted molar refractivity (Wildman–Crippen MR) is 274 cm³/mol. The lowest BCUT2D eigenvalue weighted by molar-refractivity contribution is 0.288. The fourth-order valence-corrected chi connectivity index (χ4v) is 9.83. The van der Waals surface area contributed by atoms with Gasteiger partial charge in [0.05, 0.1) is 41.4 Å². The second-order valence-corrected chi connectivity index (χ2v) is 18.3. The van der Waals surface area contributed by atoms with Gasteiger partial charge in [0, 0.05) is 23.2 Å². The average Bonchev–Trinajstić information content (AvgIpc) is 4.02. The third-order valence-electron chi connectivity index (χ3n) is 13.9. The summed E-state index contributed by atoms with van der Waals surface area (Å²) in [7, 11) is 3.26. The number of aryl methyl sites for hydroxylation is 1. The molecule has 12 rings (SSSR count). The van der Waals surface area contributed by atoms with Crippen molar-refractivity contribution in [3.8, 4) is 34.0 Å². The van der Waals surface area contributed by atoms with Gasteiger partial charge in [0.25, 0.3) is 11.1 Å². The van der Waals surface area contributed by atoms with Gasteiger partial charge < -0.3 is 20.9 Å². The van der Waals surface area contributed by atoms with Gasteiger partial charge in [-0.25, -0.2) is 43.7 Å². The van der Waals surface area contributed by atoms with Gasteiger partial charge in [0.1, 0.15) is 82.1 Å². The molecular weight excluding hydrogens is 916 g/mol. The number of hydrogen-bond donors (Lipinski definition) is 2. The fraction of sp³-hybridized carbons (Fsp3) is 0.283. The quantitative estimate of drug-likeness (QED) is 0.124. The number of aromatic nitrogens is 12. The smallest absolute Gasteiger partial charge is 0.264 e. The van der Waals surface area contributed by atoms with E-state index in [1.165, 1.54) is 18.7 Å². The van der Waals surface area contributed by atoms with E-state index in [1.807, 2.05) is 96.8 Å². The number of para-hydroxylation sites is 1. The van der Waals surface area contributed by atoms with E-state index in [2.05, 4.69) is 19.9 Å². The second-order valence-electron chi connectivity index (χ2n) is 18.3. The van der Waals surface area contributed by atoms with Gasteiger partial charge in [-0.2, -0.15) is 10.2 Å². The Labute approximate surface area is 411 Å². The van der Waals surface area contributed by atoms with Crippen LogP contribution in [0, 0.1) is 12.7 Å². The highest BCUT2D eigenvalue weighted by molar-refractivity contribution is 5.99. The summed E-state index contributed by atoms with van der Waals surface area (Å²) >= 11 is 0. The predicted octanol–water partition coefficient (Wildman–Crippen LogP) is 8.70. The first kappa shape index (κ1) is 45.8. The molecule has 4 N–H and O–H groups in total. The number of fused-ring (bicyclic) bond motifs is 4. The lowest BCUT2D eigenvalue weighted by atomic mass is 9.92. The van der Waals surface area contributed by atoms with Gasteiger partial charge >= 0.3 is 0 Å². The molecule has 2 fully saturated rings. The highest BCUT2D eigenvalue weighted by atomic mass is 19.1. The van der Waals surface area contributed by atoms with Crippen LogP contribution in [0.3, 0.4) is 0 Å². The van der Waals surface area contributed by atoms with Crippen molar-refractivity contribution in [3.05, 3.63) is 141 Å². The molecule has 0 saturated heterocycles. The van der Waals surface area contributed by atoms with E-state index in [1.54, 1.807) is 35.6 Å². The monoisotopic (exact) mass is 966 g/mol. The van der Waals surface area contributed by atoms with E-state index in [9.17, 15) is 14.0 Å². The molecule has 0 spiro atoms. The van der Waals surface area contributed by atoms with Crippen molar-refractivity contribution in [2.45, 2.75) is 83.5 Å². The summed E-state index contributed by atoms with van der Waals surface area (Å²) in [5.41, 5.74) is 18.4. The van der Waals surface area contributed by atoms with Crippen LogP contribution in [0.4, 0.5) is 16.0 Å². The Hall–Kier alpha value is -8.61. The first-order valence-electron chi connectivity index (χ1n) is 24.0. The minimum absolute atomic E-state index is 0.0104. The van der Waals surface area contributed by atoms with Crippen LogP contribution in [0.15, 0.2) is 107 Å². The molecule has 72 heavy (non-hydrogen) atoms. The number of rotatable bonds is 11. The van der Waals surface area contributed by atoms with Gasteiger partial charge in [-0.15, -0.1) is 0 Å². The van der Waals surface area contributed by atoms with Gasteiger partial charge in [-0.1, -0.05) is 25.1 Å². The number of nitrogens with zero attached hydrogens (tertiary/aromatic N) is 12. The van der Waals surface area contributed by atoms with Crippen molar-refractivity contribution in [1.82, 2.24) is 58.6 Å². The molecule has 6 aromatic heterocycles. The summed E-state index contributed by atoms with van der Waals surface area (Å²) in [6.45, 7) is 5.98. The summed E-state index contributed by atoms with van der Waals surface area (Å²) in [5, 5.41) is 11.9. The van der Waals surface area contributed by atoms with E-state index in [0.29, 0.717) is 79.6 Å². The molecule has 0 aliphatic heterocycles. The van der Waals surface area contributed by atoms with E-state index in [4.69, 9.17) is 41.1 Å². The second kappa shape index (κ2) is 18.3. The molecule has 364 valence electrons. The van der Waals surface area contributed by atoms with E-state index in [0.717, 1.165) is 60.3 Å². The van der Waals surface area contributed by atoms with Crippen molar-refractivity contribution < 1.29 is 13.9 Å². The third-order valence-corrected chi connectivity index (χ3v) is 13.9. The van der Waals surface area contributed by atoms with Crippen LogP contribution in [0.25, 0.3) is 66.4 Å². The molecule has 4 aromatic carbocycles. The minimum Gasteiger partial charge on any atom is -0.497 e. The maximum atomic E-state index is 14.6. The summed E-state index contributed by atoms with van der Waals surface area (Å²) in [6, 6.07) is 24.7. The molecule has 0 bridgehead atoms. The first-order valence-corrected chi connectivity index (χ1v) is 24.0. The molecule has 10 aromatic rings. The number of benzene rings is 4. The van der Waals surface area contributed by atoms with Crippen LogP contribution in [0.1, 0.15) is 93.8 Å². The molecular formula is C53H51FN14O4. The highest BCUT2D eigenvalue weighted by Crippen LogP contribution is 2.40. The van der Waals surface area contributed by atoms with E-state index >= 15 is 0 Å². The summed E-state index contributed by atoms with van der Waals surface area (Å²) < 4.78 is 32.4. The molecule has 18 nitrogen and oxygen atoms in total. The zero-order valence-electron chi connectivity index (χ0n) is 40.3. The first-order chi connectivity index (χ1) is 35.0. The standard InChI is InChI=1S/C27H27N7O2.C26H24FN7O2/c1-15-13-17(11-12-21(15)36-3)23-22-24(28)29-14-30-26(22)34(32-23)16(2)25-31-20-10-5-4-9-19(20)27(35)33(25)18-7-6-8-18;1-3-19(24-31-18-6-4-5-17(27)20(18)26(35)33(24)15-9-10-15)34-25-21(23(28)29-13-30-25)22(32-34)14-7-11-16(36-2)12-8-14/h4-5,9-14,16,18H,6-8H2,1-3H3,(H2,28,29,30);4-8,11-13,15,19H,3,9-10H2,1-2H3,(H2,28,29,30). The Balaban J connectivity index is 0.000000156. The topological polar surface area (TPSA) is 227 Å². The van der Waals surface area contributed by atoms with Crippen LogP contribution in [-0.4, -0.2) is 72.8 Å². The Morgan fingerprint density at radius 1 is 0.681 bits per heavy atom. The maximum Gasteiger partial charge on any atom is 0.264 e. The van der Waals surface area contributed by atoms with E-state index < -0.39 is 11.9 Å². The largest absolute Gasteiger partial charge is 0.497 e. The van der Waals surface area contributed by atoms with Gasteiger partial charge in [-0.05, 0) is 125 Å². The summed E-state index contributed by atoms with van der Waals surface area (Å²) in [4.78, 5) is 54.4. The van der Waals surface area contributed by atoms with Crippen molar-refractivity contribution in [1.29, 1.82) is 0 Å². The average molecular weight is 967 g/mol. The summed E-state index contributed by atoms with van der Waals surface area (Å²) in [6.07, 6.45) is 8.13. The van der Waals surface area contributed by atoms with Gasteiger partial charge in [-0.3, -0.25) is 18.7 Å². The molecule has 0 amide bonds. The Kier molecular flexibility index (Phi) is 11.6. The van der Waals surface area contributed by atoms with Crippen LogP contribution in [0.5, 0.6) is 11.5 Å². The maximum absolute atomic E-state index is 14.6. The van der Waals surface area contributed by atoms with Crippen LogP contribution >= 0.6 is 0 Å². The number of hydrogen-bond acceptors (Lipinski definition) is 14. The zero-order chi connectivity index (χ0) is 49.9. The SMILES string of the molecule is CCC(c1nc2cccc(F)c2c(=O)n1C1CC1)n1nc(-c2ccc(OC)cc2)c2c(N)ncnc21.COc1ccc(-c2nn(C(C)c3nc4ccccc4c(=O)n3C3CCC3)c3ncnc(N)c23)cc1C. The lowest BCUT2D eigenvalue weighted by Crippen LogP contribution is -2.34. The Morgan fingerprint density at radius 3 is 1.93 bits per heavy atom. The molecule has 2 aliphatic rings. The Morgan fingerprint density at radius 2 is 1.29 bits per heavy atom. The molecule has 2 aliphatic carbocycles. The number of nitrogen functional groups attached to an aromatic ring is 2. The molecule has 19 heteroatoms. The number of ether oxygens (including phenoxy) is 2. The molecule has 2 atom stereocenters. The molecule has 0 radical (unpaired) electrons. The lowest BCUT2D eigenvalue weighted by Gasteiger charge is -2.31. The van der Waals surface area contributed by atoms with Crippen LogP contribution < -0.4 is 32.1 Å². The van der Waals surface area contributed by atoms with Crippen molar-refractivity contribution in [2.75, 3.05) is 25.7 Å². The normalized spacial score (nSPS) is 14.6. The van der Waals surface area contributed by atoms with Crippen molar-refractivity contribution in [3.63, 3.8) is 0 Å². The number of methoxy groups -OCH3 is 2. The van der Waals surface area contributed by atoms with Crippen LogP contribution in [0.2, 0.25) is 0 Å². The Bertz CT molecular complexity index is 3860. The minimum atomic E-state index is -0.564. The van der Waals surface area contributed by atoms with Crippen molar-refractivity contribution in [2.24, 2.45) is 0 Å². The molecule has 2 unspecified atom stereocenters. The zero-order valence-corrected chi connectivity index (χ0v) is 40.3. The van der Waals surface area contributed by atoms with Gasteiger partial charge in [0.2, 0.25) is 0 Å². The fourth-order valence-electron chi connectivity index (χ4n) is 9.83. The van der Waals surface area contributed by atoms with Crippen LogP contribution in [-0.2, 0) is 0 Å². The van der Waals surface area contributed by atoms with Gasteiger partial charge in [0.15, 0.2) is 11.3 Å². The number of anilines is 2. The highest BCUT2D eigenvalue weighted by Gasteiger charge is 2.34. The van der Waals surface area contributed by atoms with Crippen molar-refractivity contribution >= 4 is 55.5 Å². The summed E-state index contributed by atoms with van der Waals surface area (Å²) in [5.74, 6) is 2.81.